The summed E-state index contributed by atoms with van der Waals surface area (Å²) in [5, 5.41) is 53.8. The Hall–Kier alpha value is -4.05. The third kappa shape index (κ3) is 6.91. The lowest BCUT2D eigenvalue weighted by Gasteiger charge is -2.53. The van der Waals surface area contributed by atoms with Crippen LogP contribution in [0.25, 0.3) is 0 Å². The van der Waals surface area contributed by atoms with Gasteiger partial charge in [-0.05, 0) is 104 Å². The van der Waals surface area contributed by atoms with Crippen molar-refractivity contribution < 1.29 is 52.6 Å². The lowest BCUT2D eigenvalue weighted by Crippen LogP contribution is -2.56. The Kier molecular flexibility index (Phi) is 9.82. The van der Waals surface area contributed by atoms with Crippen molar-refractivity contribution in [1.29, 1.82) is 0 Å². The van der Waals surface area contributed by atoms with Crippen LogP contribution in [0.2, 0.25) is 0 Å². The minimum atomic E-state index is -4.67. The number of fused-ring (bicyclic) bond motifs is 5. The van der Waals surface area contributed by atoms with Crippen LogP contribution in [0.3, 0.4) is 0 Å². The quantitative estimate of drug-likeness (QED) is 0.216. The summed E-state index contributed by atoms with van der Waals surface area (Å²) in [6, 6.07) is 11.7. The maximum Gasteiger partial charge on any atom is 0.433 e. The maximum absolute atomic E-state index is 13.0. The van der Waals surface area contributed by atoms with E-state index >= 15 is 0 Å². The summed E-state index contributed by atoms with van der Waals surface area (Å²) in [5.74, 6) is 0.814. The van der Waals surface area contributed by atoms with Crippen molar-refractivity contribution in [2.24, 2.45) is 17.3 Å². The molecule has 1 amide bonds. The van der Waals surface area contributed by atoms with Gasteiger partial charge in [0.15, 0.2) is 11.8 Å². The Morgan fingerprint density at radius 1 is 1.04 bits per heavy atom. The molecule has 15 heteroatoms. The number of phenolic OH excluding ortho intramolecular Hbond substituents is 1. The molecule has 12 nitrogen and oxygen atoms in total. The number of benzene rings is 1. The van der Waals surface area contributed by atoms with Crippen LogP contribution in [0.15, 0.2) is 48.5 Å². The molecule has 7 rings (SSSR count). The zero-order chi connectivity index (χ0) is 36.8. The fourth-order valence-corrected chi connectivity index (χ4v) is 9.15. The van der Waals surface area contributed by atoms with E-state index in [0.717, 1.165) is 44.2 Å². The molecule has 3 aliphatic carbocycles. The number of nitrogens with zero attached hydrogens (tertiary/aromatic N) is 3. The third-order valence-corrected chi connectivity index (χ3v) is 12.0. The van der Waals surface area contributed by atoms with Gasteiger partial charge in [-0.3, -0.25) is 4.79 Å². The Balaban J connectivity index is 0.874. The first-order valence-corrected chi connectivity index (χ1v) is 17.7. The van der Waals surface area contributed by atoms with Gasteiger partial charge >= 0.3 is 6.18 Å². The van der Waals surface area contributed by atoms with Crippen molar-refractivity contribution in [3.05, 3.63) is 71.0 Å². The number of amides is 1. The molecule has 0 unspecified atom stereocenters. The van der Waals surface area contributed by atoms with Crippen LogP contribution in [0.4, 0.5) is 13.2 Å². The lowest BCUT2D eigenvalue weighted by molar-refractivity contribution is -0.187. The number of aromatic hydroxyl groups is 1. The topological polar surface area (TPSA) is 176 Å². The Morgan fingerprint density at radius 3 is 2.63 bits per heavy atom. The lowest BCUT2D eigenvalue weighted by atomic mass is 9.53. The maximum atomic E-state index is 13.0. The molecular weight excluding hydrogens is 685 g/mol. The first-order valence-electron chi connectivity index (χ1n) is 17.7. The van der Waals surface area contributed by atoms with Gasteiger partial charge in [0, 0.05) is 18.7 Å². The second-order valence-electron chi connectivity index (χ2n) is 14.8. The highest BCUT2D eigenvalue weighted by Crippen LogP contribution is 2.65. The highest BCUT2D eigenvalue weighted by Gasteiger charge is 2.61. The number of aromatic nitrogens is 3. The van der Waals surface area contributed by atoms with Crippen LogP contribution < -0.4 is 14.8 Å². The van der Waals surface area contributed by atoms with Crippen molar-refractivity contribution in [2.75, 3.05) is 19.8 Å². The minimum absolute atomic E-state index is 0.0327. The number of aliphatic hydroxyl groups excluding tert-OH is 2. The number of carbonyl (C=O) groups excluding carboxylic acids is 1. The molecule has 0 spiro atoms. The van der Waals surface area contributed by atoms with E-state index in [9.17, 15) is 38.4 Å². The van der Waals surface area contributed by atoms with E-state index in [1.807, 2.05) is 6.07 Å². The van der Waals surface area contributed by atoms with E-state index < -0.39 is 47.8 Å². The number of nitrogens with one attached hydrogen (secondary N) is 1. The third-order valence-electron chi connectivity index (χ3n) is 12.0. The highest BCUT2D eigenvalue weighted by molar-refractivity contribution is 5.92. The summed E-state index contributed by atoms with van der Waals surface area (Å²) >= 11 is 0. The summed E-state index contributed by atoms with van der Waals surface area (Å²) in [6.07, 6.45) is -4.00. The molecular formula is C37H43F3N4O8. The van der Waals surface area contributed by atoms with Crippen molar-refractivity contribution in [3.63, 3.8) is 0 Å². The van der Waals surface area contributed by atoms with Gasteiger partial charge in [-0.25, -0.2) is 4.98 Å². The Morgan fingerprint density at radius 2 is 1.87 bits per heavy atom. The van der Waals surface area contributed by atoms with Crippen molar-refractivity contribution in [1.82, 2.24) is 20.5 Å². The van der Waals surface area contributed by atoms with Crippen molar-refractivity contribution in [2.45, 2.75) is 94.0 Å². The fourth-order valence-electron chi connectivity index (χ4n) is 9.15. The molecule has 5 N–H and O–H groups in total. The van der Waals surface area contributed by atoms with Gasteiger partial charge in [0.05, 0.1) is 12.2 Å². The number of alkyl halides is 3. The summed E-state index contributed by atoms with van der Waals surface area (Å²) < 4.78 is 55.4. The van der Waals surface area contributed by atoms with E-state index in [4.69, 9.17) is 14.2 Å². The fraction of sp³-hybridized carbons (Fsp3) is 0.568. The van der Waals surface area contributed by atoms with Crippen LogP contribution in [0, 0.1) is 17.3 Å². The van der Waals surface area contributed by atoms with Crippen LogP contribution in [-0.2, 0) is 17.3 Å². The average molecular weight is 729 g/mol. The SMILES string of the molecule is C[C@]12CC[C@@H]3c4ccc(O)cc4CC[C@H]3[C@@H]1CC[C@@]2(O)CCNC(=O)c1ccc(OC[C@H]2OC[C@H](Oc3cccc(C(F)(F)F)n3)[C@@H](O)[C@H]2O)nn1. The molecule has 3 heterocycles. The number of phenols is 1. The summed E-state index contributed by atoms with van der Waals surface area (Å²) in [4.78, 5) is 16.3. The van der Waals surface area contributed by atoms with Crippen LogP contribution >= 0.6 is 0 Å². The number of hydrogen-bond donors (Lipinski definition) is 5. The molecule has 4 aliphatic rings. The van der Waals surface area contributed by atoms with Gasteiger partial charge in [-0.15, -0.1) is 10.2 Å². The van der Waals surface area contributed by atoms with Gasteiger partial charge in [0.2, 0.25) is 11.8 Å². The van der Waals surface area contributed by atoms with Crippen molar-refractivity contribution >= 4 is 5.91 Å². The Bertz CT molecular complexity index is 1770. The number of carbonyl (C=O) groups is 1. The van der Waals surface area contributed by atoms with Gasteiger partial charge in [0.1, 0.15) is 36.4 Å². The van der Waals surface area contributed by atoms with E-state index in [-0.39, 0.29) is 42.6 Å². The number of aryl methyl sites for hydroxylation is 1. The summed E-state index contributed by atoms with van der Waals surface area (Å²) in [7, 11) is 0. The molecule has 1 saturated heterocycles. The molecule has 3 aromatic rings. The number of rotatable bonds is 9. The number of aliphatic hydroxyl groups is 3. The van der Waals surface area contributed by atoms with Crippen LogP contribution in [0.5, 0.6) is 17.5 Å². The highest BCUT2D eigenvalue weighted by atomic mass is 19.4. The standard InChI is InChI=1S/C37H43F3N4O8/c1-35-13-11-23-22-8-6-21(45)17-20(22)5-7-24(23)25(35)12-14-36(35,49)15-16-41-34(48)26-9-10-31(44-43-26)51-18-27-32(46)33(47)28(19-50-27)52-30-4-2-3-29(42-30)37(38,39)40/h2-4,6,8-10,17,23-25,27-28,32-33,45-47,49H,5,7,11-16,18-19H2,1H3,(H,41,48)/t23-,24-,25+,27-,28+,32+,33-,35+,36-/m1/s1. The van der Waals surface area contributed by atoms with Crippen LogP contribution in [0.1, 0.15) is 78.7 Å². The van der Waals surface area contributed by atoms with Gasteiger partial charge in [-0.1, -0.05) is 19.1 Å². The molecule has 9 atom stereocenters. The summed E-state index contributed by atoms with van der Waals surface area (Å²) in [6.45, 7) is 1.97. The number of hydrogen-bond acceptors (Lipinski definition) is 11. The van der Waals surface area contributed by atoms with E-state index in [0.29, 0.717) is 36.3 Å². The molecule has 280 valence electrons. The first kappa shape index (κ1) is 36.3. The first-order chi connectivity index (χ1) is 24.8. The second kappa shape index (κ2) is 14.1. The molecule has 2 saturated carbocycles. The van der Waals surface area contributed by atoms with E-state index in [1.165, 1.54) is 29.3 Å². The van der Waals surface area contributed by atoms with Gasteiger partial charge in [-0.2, -0.15) is 13.2 Å². The van der Waals surface area contributed by atoms with E-state index in [1.54, 1.807) is 6.07 Å². The van der Waals surface area contributed by atoms with Gasteiger partial charge < -0.3 is 40.0 Å². The molecule has 0 bridgehead atoms. The summed E-state index contributed by atoms with van der Waals surface area (Å²) in [5.41, 5.74) is 0.304. The molecule has 1 aliphatic heterocycles. The molecule has 1 aromatic carbocycles. The van der Waals surface area contributed by atoms with E-state index in [2.05, 4.69) is 33.5 Å². The number of halogens is 3. The van der Waals surface area contributed by atoms with Crippen molar-refractivity contribution in [3.8, 4) is 17.5 Å². The zero-order valence-corrected chi connectivity index (χ0v) is 28.6. The largest absolute Gasteiger partial charge is 0.508 e. The molecule has 0 radical (unpaired) electrons. The minimum Gasteiger partial charge on any atom is -0.508 e. The monoisotopic (exact) mass is 728 g/mol. The predicted octanol–water partition coefficient (Wildman–Crippen LogP) is 3.95. The second-order valence-corrected chi connectivity index (χ2v) is 14.8. The number of ether oxygens (including phenoxy) is 3. The molecule has 52 heavy (non-hydrogen) atoms. The normalized spacial score (nSPS) is 32.6. The van der Waals surface area contributed by atoms with Crippen LogP contribution in [-0.4, -0.2) is 91.3 Å². The number of pyridine rings is 1. The smallest absolute Gasteiger partial charge is 0.433 e. The average Bonchev–Trinajstić information content (AvgIpc) is 3.39. The van der Waals surface area contributed by atoms with Gasteiger partial charge in [0.25, 0.3) is 5.91 Å². The predicted molar refractivity (Wildman–Crippen MR) is 178 cm³/mol. The zero-order valence-electron chi connectivity index (χ0n) is 28.6. The molecule has 2 aromatic heterocycles. The molecule has 3 fully saturated rings. The Labute approximate surface area is 298 Å².